The Morgan fingerprint density at radius 1 is 1.00 bits per heavy atom. The molecule has 0 unspecified atom stereocenters. The van der Waals surface area contributed by atoms with E-state index in [1.54, 1.807) is 0 Å². The first-order valence-electron chi connectivity index (χ1n) is 7.23. The van der Waals surface area contributed by atoms with Crippen molar-refractivity contribution in [2.75, 3.05) is 19.6 Å². The summed E-state index contributed by atoms with van der Waals surface area (Å²) in [6.45, 7) is 5.96. The van der Waals surface area contributed by atoms with Crippen molar-refractivity contribution >= 4 is 0 Å². The Morgan fingerprint density at radius 2 is 1.62 bits per heavy atom. The molecule has 2 nitrogen and oxygen atoms in total. The number of rotatable bonds is 3. The molecular formula is C14H28N2. The fourth-order valence-electron chi connectivity index (χ4n) is 3.45. The molecule has 16 heavy (non-hydrogen) atoms. The average Bonchev–Trinajstić information content (AvgIpc) is 2.32. The Labute approximate surface area is 101 Å². The second-order valence-electron chi connectivity index (χ2n) is 5.97. The summed E-state index contributed by atoms with van der Waals surface area (Å²) < 4.78 is 0. The Bertz CT molecular complexity index is 189. The third-order valence-corrected chi connectivity index (χ3v) is 4.73. The van der Waals surface area contributed by atoms with Gasteiger partial charge in [-0.1, -0.05) is 6.92 Å². The summed E-state index contributed by atoms with van der Waals surface area (Å²) in [5, 5.41) is 0. The summed E-state index contributed by atoms with van der Waals surface area (Å²) in [5.74, 6) is 1.90. The first-order chi connectivity index (χ1) is 7.79. The van der Waals surface area contributed by atoms with Gasteiger partial charge in [0, 0.05) is 6.04 Å². The molecule has 1 heterocycles. The van der Waals surface area contributed by atoms with Crippen LogP contribution in [0.2, 0.25) is 0 Å². The van der Waals surface area contributed by atoms with Crippen LogP contribution in [0.4, 0.5) is 0 Å². The molecule has 0 aromatic carbocycles. The molecule has 1 saturated heterocycles. The highest BCUT2D eigenvalue weighted by Gasteiger charge is 2.27. The van der Waals surface area contributed by atoms with E-state index in [0.29, 0.717) is 0 Å². The highest BCUT2D eigenvalue weighted by molar-refractivity contribution is 4.82. The Kier molecular flexibility index (Phi) is 4.66. The van der Waals surface area contributed by atoms with Gasteiger partial charge in [0.05, 0.1) is 0 Å². The van der Waals surface area contributed by atoms with Crippen LogP contribution in [0.1, 0.15) is 51.9 Å². The number of likely N-dealkylation sites (tertiary alicyclic amines) is 1. The van der Waals surface area contributed by atoms with Gasteiger partial charge >= 0.3 is 0 Å². The molecule has 0 aromatic rings. The average molecular weight is 224 g/mol. The molecule has 0 aromatic heterocycles. The van der Waals surface area contributed by atoms with E-state index in [0.717, 1.165) is 24.4 Å². The maximum absolute atomic E-state index is 5.64. The number of nitrogens with two attached hydrogens (primary N) is 1. The van der Waals surface area contributed by atoms with E-state index in [-0.39, 0.29) is 0 Å². The number of nitrogens with zero attached hydrogens (tertiary/aromatic N) is 1. The fraction of sp³-hybridized carbons (Fsp3) is 1.00. The minimum absolute atomic E-state index is 0.881. The predicted octanol–water partition coefficient (Wildman–Crippen LogP) is 2.63. The highest BCUT2D eigenvalue weighted by Crippen LogP contribution is 2.30. The summed E-state index contributed by atoms with van der Waals surface area (Å²) in [5.41, 5.74) is 5.64. The Hall–Kier alpha value is -0.0800. The molecule has 0 atom stereocenters. The summed E-state index contributed by atoms with van der Waals surface area (Å²) in [7, 11) is 0. The van der Waals surface area contributed by atoms with E-state index in [9.17, 15) is 0 Å². The number of hydrogen-bond acceptors (Lipinski definition) is 2. The zero-order valence-electron chi connectivity index (χ0n) is 10.8. The van der Waals surface area contributed by atoms with Crippen LogP contribution in [0.25, 0.3) is 0 Å². The van der Waals surface area contributed by atoms with Gasteiger partial charge in [-0.25, -0.2) is 0 Å². The second-order valence-corrected chi connectivity index (χ2v) is 5.97. The molecular weight excluding hydrogens is 196 g/mol. The van der Waals surface area contributed by atoms with E-state index in [2.05, 4.69) is 11.8 Å². The summed E-state index contributed by atoms with van der Waals surface area (Å²) in [4.78, 5) is 2.76. The fourth-order valence-corrected chi connectivity index (χ4v) is 3.45. The van der Waals surface area contributed by atoms with Crippen LogP contribution in [0, 0.1) is 11.8 Å². The van der Waals surface area contributed by atoms with E-state index in [1.165, 1.54) is 58.0 Å². The lowest BCUT2D eigenvalue weighted by molar-refractivity contribution is 0.0952. The smallest absolute Gasteiger partial charge is 0.00954 e. The van der Waals surface area contributed by atoms with E-state index < -0.39 is 0 Å². The van der Waals surface area contributed by atoms with E-state index in [4.69, 9.17) is 5.73 Å². The van der Waals surface area contributed by atoms with Crippen molar-refractivity contribution in [1.82, 2.24) is 4.90 Å². The quantitative estimate of drug-likeness (QED) is 0.798. The standard InChI is InChI=1S/C14H28N2/c1-12-2-4-14(5-3-12)16-10-7-13(6-9-15)8-11-16/h12-14H,2-11,15H2,1H3. The zero-order valence-corrected chi connectivity index (χ0v) is 10.8. The molecule has 1 aliphatic carbocycles. The van der Waals surface area contributed by atoms with Crippen LogP contribution in [-0.4, -0.2) is 30.6 Å². The van der Waals surface area contributed by atoms with E-state index in [1.807, 2.05) is 0 Å². The SMILES string of the molecule is CC1CCC(N2CCC(CCN)CC2)CC1. The van der Waals surface area contributed by atoms with Crippen molar-refractivity contribution in [3.63, 3.8) is 0 Å². The van der Waals surface area contributed by atoms with Crippen molar-refractivity contribution in [2.24, 2.45) is 17.6 Å². The third kappa shape index (κ3) is 3.21. The molecule has 94 valence electrons. The van der Waals surface area contributed by atoms with Gasteiger partial charge in [0.1, 0.15) is 0 Å². The topological polar surface area (TPSA) is 29.3 Å². The molecule has 1 saturated carbocycles. The van der Waals surface area contributed by atoms with Crippen LogP contribution in [-0.2, 0) is 0 Å². The molecule has 2 rings (SSSR count). The molecule has 2 aliphatic rings. The van der Waals surface area contributed by atoms with Crippen LogP contribution >= 0.6 is 0 Å². The molecule has 2 N–H and O–H groups in total. The van der Waals surface area contributed by atoms with Gasteiger partial charge in [-0.2, -0.15) is 0 Å². The van der Waals surface area contributed by atoms with Crippen LogP contribution in [0.3, 0.4) is 0 Å². The summed E-state index contributed by atoms with van der Waals surface area (Å²) in [6.07, 6.45) is 9.83. The number of hydrogen-bond donors (Lipinski definition) is 1. The lowest BCUT2D eigenvalue weighted by atomic mass is 9.84. The number of piperidine rings is 1. The van der Waals surface area contributed by atoms with Gasteiger partial charge in [-0.05, 0) is 76.4 Å². The van der Waals surface area contributed by atoms with Crippen LogP contribution < -0.4 is 5.73 Å². The minimum Gasteiger partial charge on any atom is -0.330 e. The highest BCUT2D eigenvalue weighted by atomic mass is 15.2. The van der Waals surface area contributed by atoms with Crippen LogP contribution in [0.5, 0.6) is 0 Å². The zero-order chi connectivity index (χ0) is 11.4. The van der Waals surface area contributed by atoms with Gasteiger partial charge in [0.2, 0.25) is 0 Å². The Morgan fingerprint density at radius 3 is 2.19 bits per heavy atom. The lowest BCUT2D eigenvalue weighted by Crippen LogP contribution is -2.43. The molecule has 0 spiro atoms. The molecule has 0 amide bonds. The molecule has 1 aliphatic heterocycles. The largest absolute Gasteiger partial charge is 0.330 e. The van der Waals surface area contributed by atoms with Gasteiger partial charge in [0.25, 0.3) is 0 Å². The molecule has 0 radical (unpaired) electrons. The monoisotopic (exact) mass is 224 g/mol. The molecule has 0 bridgehead atoms. The van der Waals surface area contributed by atoms with Gasteiger partial charge in [-0.3, -0.25) is 0 Å². The molecule has 2 fully saturated rings. The van der Waals surface area contributed by atoms with Gasteiger partial charge in [-0.15, -0.1) is 0 Å². The van der Waals surface area contributed by atoms with Crippen molar-refractivity contribution in [2.45, 2.75) is 57.9 Å². The lowest BCUT2D eigenvalue weighted by Gasteiger charge is -2.40. The normalized spacial score (nSPS) is 34.1. The third-order valence-electron chi connectivity index (χ3n) is 4.73. The Balaban J connectivity index is 1.72. The summed E-state index contributed by atoms with van der Waals surface area (Å²) in [6, 6.07) is 0.912. The van der Waals surface area contributed by atoms with Crippen LogP contribution in [0.15, 0.2) is 0 Å². The van der Waals surface area contributed by atoms with Gasteiger partial charge < -0.3 is 10.6 Å². The predicted molar refractivity (Wildman–Crippen MR) is 69.4 cm³/mol. The van der Waals surface area contributed by atoms with Crippen molar-refractivity contribution in [1.29, 1.82) is 0 Å². The maximum Gasteiger partial charge on any atom is 0.00954 e. The van der Waals surface area contributed by atoms with Crippen molar-refractivity contribution < 1.29 is 0 Å². The second kappa shape index (κ2) is 6.02. The van der Waals surface area contributed by atoms with Gasteiger partial charge in [0.15, 0.2) is 0 Å². The molecule has 2 heteroatoms. The minimum atomic E-state index is 0.881. The first kappa shape index (κ1) is 12.4. The van der Waals surface area contributed by atoms with E-state index >= 15 is 0 Å². The summed E-state index contributed by atoms with van der Waals surface area (Å²) >= 11 is 0. The maximum atomic E-state index is 5.64. The van der Waals surface area contributed by atoms with Crippen molar-refractivity contribution in [3.05, 3.63) is 0 Å². The first-order valence-corrected chi connectivity index (χ1v) is 7.23. The van der Waals surface area contributed by atoms with Crippen molar-refractivity contribution in [3.8, 4) is 0 Å².